The molecular weight excluding hydrogens is 192 g/mol. The molecule has 1 heterocycles. The van der Waals surface area contributed by atoms with Crippen molar-refractivity contribution in [2.75, 3.05) is 13.2 Å². The Labute approximate surface area is 89.0 Å². The van der Waals surface area contributed by atoms with Gasteiger partial charge in [-0.25, -0.2) is 0 Å². The van der Waals surface area contributed by atoms with Crippen LogP contribution in [0.25, 0.3) is 0 Å². The number of aldehydes is 1. The molecule has 0 saturated carbocycles. The molecule has 0 N–H and O–H groups in total. The monoisotopic (exact) mass is 206 g/mol. The number of benzene rings is 1. The van der Waals surface area contributed by atoms with Crippen LogP contribution in [0.5, 0.6) is 5.75 Å². The van der Waals surface area contributed by atoms with E-state index < -0.39 is 0 Å². The predicted octanol–water partition coefficient (Wildman–Crippen LogP) is 1.98. The van der Waals surface area contributed by atoms with Gasteiger partial charge in [0.2, 0.25) is 0 Å². The average Bonchev–Trinajstić information content (AvgIpc) is 2.14. The van der Waals surface area contributed by atoms with Gasteiger partial charge in [-0.1, -0.05) is 0 Å². The van der Waals surface area contributed by atoms with Gasteiger partial charge in [-0.3, -0.25) is 4.79 Å². The fourth-order valence-electron chi connectivity index (χ4n) is 1.53. The maximum Gasteiger partial charge on any atom is 0.150 e. The van der Waals surface area contributed by atoms with E-state index in [1.54, 1.807) is 6.07 Å². The highest BCUT2D eigenvalue weighted by atomic mass is 16.5. The smallest absolute Gasteiger partial charge is 0.150 e. The van der Waals surface area contributed by atoms with Crippen LogP contribution < -0.4 is 4.74 Å². The standard InChI is InChI=1S/C12H14O3/c1-9-4-10(7-13)6-12(5-9)15-8-11-2-3-14-11/h4-7,11H,2-3,8H2,1H3. The largest absolute Gasteiger partial charge is 0.491 e. The molecule has 3 heteroatoms. The summed E-state index contributed by atoms with van der Waals surface area (Å²) in [6.07, 6.45) is 2.12. The second-order valence-electron chi connectivity index (χ2n) is 3.79. The van der Waals surface area contributed by atoms with Crippen molar-refractivity contribution in [2.24, 2.45) is 0 Å². The molecule has 1 aliphatic rings. The average molecular weight is 206 g/mol. The normalized spacial score (nSPS) is 19.4. The van der Waals surface area contributed by atoms with Crippen LogP contribution in [-0.4, -0.2) is 25.6 Å². The number of carbonyl (C=O) groups is 1. The molecule has 0 spiro atoms. The first kappa shape index (κ1) is 10.2. The van der Waals surface area contributed by atoms with Crippen molar-refractivity contribution in [1.29, 1.82) is 0 Å². The third kappa shape index (κ3) is 2.57. The van der Waals surface area contributed by atoms with Gasteiger partial charge in [0.1, 0.15) is 18.6 Å². The molecule has 0 bridgehead atoms. The lowest BCUT2D eigenvalue weighted by Gasteiger charge is -2.26. The van der Waals surface area contributed by atoms with Crippen LogP contribution >= 0.6 is 0 Å². The van der Waals surface area contributed by atoms with Gasteiger partial charge in [-0.05, 0) is 30.7 Å². The Hall–Kier alpha value is -1.35. The summed E-state index contributed by atoms with van der Waals surface area (Å²) in [6, 6.07) is 5.50. The topological polar surface area (TPSA) is 35.5 Å². The van der Waals surface area contributed by atoms with Crippen LogP contribution in [0, 0.1) is 6.92 Å². The molecule has 1 aliphatic heterocycles. The van der Waals surface area contributed by atoms with Crippen molar-refractivity contribution in [2.45, 2.75) is 19.4 Å². The lowest BCUT2D eigenvalue weighted by Crippen LogP contribution is -2.32. The molecule has 1 fully saturated rings. The molecule has 0 radical (unpaired) electrons. The van der Waals surface area contributed by atoms with Gasteiger partial charge >= 0.3 is 0 Å². The van der Waals surface area contributed by atoms with E-state index in [4.69, 9.17) is 9.47 Å². The fraction of sp³-hybridized carbons (Fsp3) is 0.417. The number of aryl methyl sites for hydroxylation is 1. The maximum absolute atomic E-state index is 10.6. The van der Waals surface area contributed by atoms with Gasteiger partial charge in [0.25, 0.3) is 0 Å². The number of carbonyl (C=O) groups excluding carboxylic acids is 1. The number of rotatable bonds is 4. The lowest BCUT2D eigenvalue weighted by molar-refractivity contribution is -0.0720. The van der Waals surface area contributed by atoms with E-state index in [1.165, 1.54) is 0 Å². The second kappa shape index (κ2) is 4.45. The van der Waals surface area contributed by atoms with E-state index in [0.717, 1.165) is 30.6 Å². The zero-order valence-corrected chi connectivity index (χ0v) is 8.73. The van der Waals surface area contributed by atoms with Crippen LogP contribution in [0.1, 0.15) is 22.3 Å². The SMILES string of the molecule is Cc1cc(C=O)cc(OCC2CCO2)c1. The molecule has 15 heavy (non-hydrogen) atoms. The van der Waals surface area contributed by atoms with Gasteiger partial charge in [-0.2, -0.15) is 0 Å². The summed E-state index contributed by atoms with van der Waals surface area (Å²) < 4.78 is 10.8. The van der Waals surface area contributed by atoms with E-state index in [9.17, 15) is 4.79 Å². The molecule has 1 aromatic rings. The number of hydrogen-bond donors (Lipinski definition) is 0. The summed E-state index contributed by atoms with van der Waals surface area (Å²) in [5.41, 5.74) is 1.68. The summed E-state index contributed by atoms with van der Waals surface area (Å²) >= 11 is 0. The van der Waals surface area contributed by atoms with Gasteiger partial charge in [0.05, 0.1) is 6.10 Å². The van der Waals surface area contributed by atoms with Crippen molar-refractivity contribution in [3.8, 4) is 5.75 Å². The molecule has 0 aliphatic carbocycles. The molecule has 3 nitrogen and oxygen atoms in total. The third-order valence-corrected chi connectivity index (χ3v) is 2.44. The summed E-state index contributed by atoms with van der Waals surface area (Å²) in [7, 11) is 0. The minimum Gasteiger partial charge on any atom is -0.491 e. The molecular formula is C12H14O3. The van der Waals surface area contributed by atoms with Gasteiger partial charge < -0.3 is 9.47 Å². The molecule has 1 aromatic carbocycles. The first-order chi connectivity index (χ1) is 7.28. The highest BCUT2D eigenvalue weighted by Gasteiger charge is 2.18. The number of hydrogen-bond acceptors (Lipinski definition) is 3. The zero-order valence-electron chi connectivity index (χ0n) is 8.73. The van der Waals surface area contributed by atoms with Crippen molar-refractivity contribution in [3.05, 3.63) is 29.3 Å². The lowest BCUT2D eigenvalue weighted by atomic mass is 10.1. The zero-order chi connectivity index (χ0) is 10.7. The second-order valence-corrected chi connectivity index (χ2v) is 3.79. The van der Waals surface area contributed by atoms with Gasteiger partial charge in [-0.15, -0.1) is 0 Å². The van der Waals surface area contributed by atoms with Gasteiger partial charge in [0, 0.05) is 18.6 Å². The predicted molar refractivity (Wildman–Crippen MR) is 56.4 cm³/mol. The minimum absolute atomic E-state index is 0.227. The summed E-state index contributed by atoms with van der Waals surface area (Å²) in [6.45, 7) is 3.35. The molecule has 0 amide bonds. The van der Waals surface area contributed by atoms with Crippen LogP contribution in [0.2, 0.25) is 0 Å². The number of ether oxygens (including phenoxy) is 2. The Kier molecular flexibility index (Phi) is 3.02. The van der Waals surface area contributed by atoms with Crippen molar-refractivity contribution < 1.29 is 14.3 Å². The van der Waals surface area contributed by atoms with Crippen molar-refractivity contribution >= 4 is 6.29 Å². The van der Waals surface area contributed by atoms with E-state index in [2.05, 4.69) is 0 Å². The Bertz CT molecular complexity index is 356. The summed E-state index contributed by atoms with van der Waals surface area (Å²) in [5.74, 6) is 0.743. The van der Waals surface area contributed by atoms with E-state index >= 15 is 0 Å². The molecule has 1 unspecified atom stereocenters. The Morgan fingerprint density at radius 2 is 2.33 bits per heavy atom. The van der Waals surface area contributed by atoms with Crippen LogP contribution in [-0.2, 0) is 4.74 Å². The van der Waals surface area contributed by atoms with Gasteiger partial charge in [0.15, 0.2) is 0 Å². The first-order valence-electron chi connectivity index (χ1n) is 5.09. The Morgan fingerprint density at radius 1 is 1.53 bits per heavy atom. The summed E-state index contributed by atoms with van der Waals surface area (Å²) in [4.78, 5) is 10.6. The highest BCUT2D eigenvalue weighted by Crippen LogP contribution is 2.18. The molecule has 0 aromatic heterocycles. The van der Waals surface area contributed by atoms with Crippen molar-refractivity contribution in [1.82, 2.24) is 0 Å². The Morgan fingerprint density at radius 3 is 2.93 bits per heavy atom. The van der Waals surface area contributed by atoms with Crippen LogP contribution in [0.3, 0.4) is 0 Å². The van der Waals surface area contributed by atoms with Crippen molar-refractivity contribution in [3.63, 3.8) is 0 Å². The quantitative estimate of drug-likeness (QED) is 0.706. The molecule has 2 rings (SSSR count). The first-order valence-corrected chi connectivity index (χ1v) is 5.09. The highest BCUT2D eigenvalue weighted by molar-refractivity contribution is 5.76. The van der Waals surface area contributed by atoms with E-state index in [0.29, 0.717) is 12.2 Å². The molecule has 1 atom stereocenters. The fourth-order valence-corrected chi connectivity index (χ4v) is 1.53. The maximum atomic E-state index is 10.6. The van der Waals surface area contributed by atoms with E-state index in [1.807, 2.05) is 19.1 Å². The van der Waals surface area contributed by atoms with E-state index in [-0.39, 0.29) is 6.10 Å². The third-order valence-electron chi connectivity index (χ3n) is 2.44. The van der Waals surface area contributed by atoms with Crippen LogP contribution in [0.4, 0.5) is 0 Å². The Balaban J connectivity index is 1.99. The van der Waals surface area contributed by atoms with Crippen LogP contribution in [0.15, 0.2) is 18.2 Å². The summed E-state index contributed by atoms with van der Waals surface area (Å²) in [5, 5.41) is 0. The molecule has 1 saturated heterocycles. The molecule has 80 valence electrons. The minimum atomic E-state index is 0.227.